The van der Waals surface area contributed by atoms with Gasteiger partial charge in [0.05, 0.1) is 10.4 Å². The molecule has 1 aliphatic rings. The van der Waals surface area contributed by atoms with Crippen LogP contribution in [0, 0.1) is 5.92 Å². The Labute approximate surface area is 135 Å². The van der Waals surface area contributed by atoms with Crippen LogP contribution < -0.4 is 10.0 Å². The highest BCUT2D eigenvalue weighted by Gasteiger charge is 2.30. The highest BCUT2D eigenvalue weighted by atomic mass is 35.5. The van der Waals surface area contributed by atoms with Crippen LogP contribution >= 0.6 is 22.9 Å². The smallest absolute Gasteiger partial charge is 0.280 e. The lowest BCUT2D eigenvalue weighted by Crippen LogP contribution is -2.47. The molecule has 2 unspecified atom stereocenters. The Balaban J connectivity index is 2.00. The van der Waals surface area contributed by atoms with E-state index in [1.54, 1.807) is 10.4 Å². The number of hydrogen-bond donors (Lipinski definition) is 2. The summed E-state index contributed by atoms with van der Waals surface area (Å²) in [5.74, 6) is 0.381. The van der Waals surface area contributed by atoms with Crippen molar-refractivity contribution in [3.8, 4) is 0 Å². The second-order valence-electron chi connectivity index (χ2n) is 5.41. The first-order valence-electron chi connectivity index (χ1n) is 7.09. The lowest BCUT2D eigenvalue weighted by molar-refractivity contribution is 0.260. The SMILES string of the molecule is CNCC1CCCN(S(=O)(=O)NC(C)c2ccc(Cl)s2)C1. The fourth-order valence-corrected chi connectivity index (χ4v) is 5.25. The van der Waals surface area contributed by atoms with Gasteiger partial charge in [0.25, 0.3) is 10.2 Å². The van der Waals surface area contributed by atoms with Crippen LogP contribution in [0.2, 0.25) is 4.34 Å². The average Bonchev–Trinajstić information content (AvgIpc) is 2.86. The Hall–Kier alpha value is -0.180. The highest BCUT2D eigenvalue weighted by molar-refractivity contribution is 7.87. The molecule has 5 nitrogen and oxygen atoms in total. The normalized spacial score (nSPS) is 22.3. The van der Waals surface area contributed by atoms with Gasteiger partial charge in [-0.3, -0.25) is 0 Å². The van der Waals surface area contributed by atoms with Crippen molar-refractivity contribution in [1.82, 2.24) is 14.3 Å². The Kier molecular flexibility index (Phi) is 6.05. The van der Waals surface area contributed by atoms with E-state index in [2.05, 4.69) is 10.0 Å². The molecule has 0 amide bonds. The molecule has 2 rings (SSSR count). The van der Waals surface area contributed by atoms with Gasteiger partial charge in [-0.1, -0.05) is 11.6 Å². The molecular formula is C13H22ClN3O2S2. The molecule has 0 bridgehead atoms. The first kappa shape index (κ1) is 17.2. The number of piperidine rings is 1. The average molecular weight is 352 g/mol. The van der Waals surface area contributed by atoms with Gasteiger partial charge in [-0.15, -0.1) is 11.3 Å². The molecule has 2 atom stereocenters. The number of thiophene rings is 1. The molecule has 0 saturated carbocycles. The van der Waals surface area contributed by atoms with Crippen LogP contribution in [0.5, 0.6) is 0 Å². The zero-order valence-corrected chi connectivity index (χ0v) is 14.7. The molecule has 1 fully saturated rings. The van der Waals surface area contributed by atoms with Crippen molar-refractivity contribution >= 4 is 33.1 Å². The van der Waals surface area contributed by atoms with Crippen molar-refractivity contribution in [3.05, 3.63) is 21.3 Å². The molecule has 2 heterocycles. The number of nitrogens with zero attached hydrogens (tertiary/aromatic N) is 1. The number of hydrogen-bond acceptors (Lipinski definition) is 4. The van der Waals surface area contributed by atoms with Crippen molar-refractivity contribution in [2.75, 3.05) is 26.7 Å². The van der Waals surface area contributed by atoms with Gasteiger partial charge in [0, 0.05) is 18.0 Å². The Morgan fingerprint density at radius 3 is 2.90 bits per heavy atom. The van der Waals surface area contributed by atoms with Gasteiger partial charge in [0.2, 0.25) is 0 Å². The van der Waals surface area contributed by atoms with E-state index in [1.807, 2.05) is 20.0 Å². The number of nitrogens with one attached hydrogen (secondary N) is 2. The maximum absolute atomic E-state index is 12.5. The van der Waals surface area contributed by atoms with E-state index < -0.39 is 10.2 Å². The van der Waals surface area contributed by atoms with Gasteiger partial charge in [0.1, 0.15) is 0 Å². The zero-order valence-electron chi connectivity index (χ0n) is 12.3. The lowest BCUT2D eigenvalue weighted by atomic mass is 10.00. The molecule has 2 N–H and O–H groups in total. The molecule has 1 aromatic heterocycles. The van der Waals surface area contributed by atoms with Crippen LogP contribution in [-0.2, 0) is 10.2 Å². The van der Waals surface area contributed by atoms with Gasteiger partial charge in [-0.25, -0.2) is 0 Å². The summed E-state index contributed by atoms with van der Waals surface area (Å²) in [7, 11) is -1.56. The molecule has 0 spiro atoms. The Morgan fingerprint density at radius 1 is 1.52 bits per heavy atom. The minimum absolute atomic E-state index is 0.267. The molecule has 120 valence electrons. The second kappa shape index (κ2) is 7.39. The molecular weight excluding hydrogens is 330 g/mol. The summed E-state index contributed by atoms with van der Waals surface area (Å²) < 4.78 is 30.0. The van der Waals surface area contributed by atoms with Crippen molar-refractivity contribution in [3.63, 3.8) is 0 Å². The molecule has 0 aromatic carbocycles. The van der Waals surface area contributed by atoms with Crippen molar-refractivity contribution < 1.29 is 8.42 Å². The zero-order chi connectivity index (χ0) is 15.5. The summed E-state index contributed by atoms with van der Waals surface area (Å²) in [6, 6.07) is 3.38. The van der Waals surface area contributed by atoms with Crippen LogP contribution in [0.3, 0.4) is 0 Å². The summed E-state index contributed by atoms with van der Waals surface area (Å²) in [4.78, 5) is 0.923. The van der Waals surface area contributed by atoms with Crippen LogP contribution in [0.4, 0.5) is 0 Å². The van der Waals surface area contributed by atoms with E-state index in [-0.39, 0.29) is 6.04 Å². The first-order valence-corrected chi connectivity index (χ1v) is 9.73. The van der Waals surface area contributed by atoms with Crippen molar-refractivity contribution in [2.45, 2.75) is 25.8 Å². The van der Waals surface area contributed by atoms with Gasteiger partial charge >= 0.3 is 0 Å². The summed E-state index contributed by atoms with van der Waals surface area (Å²) in [5, 5.41) is 3.12. The predicted molar refractivity (Wildman–Crippen MR) is 88.0 cm³/mol. The fraction of sp³-hybridized carbons (Fsp3) is 0.692. The maximum atomic E-state index is 12.5. The molecule has 21 heavy (non-hydrogen) atoms. The third-order valence-electron chi connectivity index (χ3n) is 3.66. The quantitative estimate of drug-likeness (QED) is 0.826. The number of halogens is 1. The van der Waals surface area contributed by atoms with Gasteiger partial charge in [-0.05, 0) is 51.4 Å². The van der Waals surface area contributed by atoms with Crippen molar-refractivity contribution in [1.29, 1.82) is 0 Å². The fourth-order valence-electron chi connectivity index (χ4n) is 2.62. The second-order valence-corrected chi connectivity index (χ2v) is 8.86. The molecule has 1 aromatic rings. The predicted octanol–water partition coefficient (Wildman–Crippen LogP) is 2.23. The number of rotatable bonds is 6. The van der Waals surface area contributed by atoms with E-state index in [9.17, 15) is 8.42 Å². The maximum Gasteiger partial charge on any atom is 0.280 e. The molecule has 0 aliphatic carbocycles. The Bertz CT molecular complexity index is 560. The molecule has 1 saturated heterocycles. The monoisotopic (exact) mass is 351 g/mol. The van der Waals surface area contributed by atoms with Crippen LogP contribution in [0.1, 0.15) is 30.7 Å². The summed E-state index contributed by atoms with van der Waals surface area (Å²) >= 11 is 7.30. The van der Waals surface area contributed by atoms with E-state index in [0.29, 0.717) is 23.3 Å². The standard InChI is InChI=1S/C13H22ClN3O2S2/c1-10(12-5-6-13(14)20-12)16-21(18,19)17-7-3-4-11(9-17)8-15-2/h5-6,10-11,15-16H,3-4,7-9H2,1-2H3. The van der Waals surface area contributed by atoms with Crippen LogP contribution in [0.25, 0.3) is 0 Å². The van der Waals surface area contributed by atoms with Gasteiger partial charge < -0.3 is 5.32 Å². The summed E-state index contributed by atoms with van der Waals surface area (Å²) in [6.45, 7) is 3.86. The minimum atomic E-state index is -3.45. The topological polar surface area (TPSA) is 61.4 Å². The van der Waals surface area contributed by atoms with E-state index in [4.69, 9.17) is 11.6 Å². The van der Waals surface area contributed by atoms with E-state index in [1.165, 1.54) is 11.3 Å². The van der Waals surface area contributed by atoms with Gasteiger partial charge in [-0.2, -0.15) is 17.4 Å². The first-order chi connectivity index (χ1) is 9.92. The highest BCUT2D eigenvalue weighted by Crippen LogP contribution is 2.27. The van der Waals surface area contributed by atoms with Crippen LogP contribution in [0.15, 0.2) is 12.1 Å². The summed E-state index contributed by atoms with van der Waals surface area (Å²) in [5.41, 5.74) is 0. The molecule has 1 aliphatic heterocycles. The third kappa shape index (κ3) is 4.64. The molecule has 0 radical (unpaired) electrons. The lowest BCUT2D eigenvalue weighted by Gasteiger charge is -2.32. The summed E-state index contributed by atoms with van der Waals surface area (Å²) in [6.07, 6.45) is 1.98. The Morgan fingerprint density at radius 2 is 2.29 bits per heavy atom. The van der Waals surface area contributed by atoms with E-state index >= 15 is 0 Å². The van der Waals surface area contributed by atoms with Crippen molar-refractivity contribution in [2.24, 2.45) is 5.92 Å². The third-order valence-corrected chi connectivity index (χ3v) is 6.74. The van der Waals surface area contributed by atoms with Crippen LogP contribution in [-0.4, -0.2) is 39.4 Å². The van der Waals surface area contributed by atoms with E-state index in [0.717, 1.165) is 24.3 Å². The molecule has 8 heteroatoms. The largest absolute Gasteiger partial charge is 0.319 e. The minimum Gasteiger partial charge on any atom is -0.319 e. The van der Waals surface area contributed by atoms with Gasteiger partial charge in [0.15, 0.2) is 0 Å².